The van der Waals surface area contributed by atoms with Crippen LogP contribution in [0.1, 0.15) is 18.1 Å². The molecule has 134 valence electrons. The number of hydrogen-bond donors (Lipinski definition) is 1. The summed E-state index contributed by atoms with van der Waals surface area (Å²) in [6.07, 6.45) is 0.0292. The molecule has 4 nitrogen and oxygen atoms in total. The van der Waals surface area contributed by atoms with Gasteiger partial charge in [-0.1, -0.05) is 42.5 Å². The first-order chi connectivity index (χ1) is 12.4. The van der Waals surface area contributed by atoms with Crippen molar-refractivity contribution < 1.29 is 18.6 Å². The highest BCUT2D eigenvalue weighted by molar-refractivity contribution is 5.40. The summed E-state index contributed by atoms with van der Waals surface area (Å²) in [7, 11) is 0. The molecular formula is C20H24FNO3. The number of rotatable bonds is 8. The summed E-state index contributed by atoms with van der Waals surface area (Å²) in [5, 5.41) is 3.35. The molecule has 2 atom stereocenters. The zero-order valence-corrected chi connectivity index (χ0v) is 14.2. The Bertz CT molecular complexity index is 632. The lowest BCUT2D eigenvalue weighted by Gasteiger charge is -2.32. The highest BCUT2D eigenvalue weighted by Gasteiger charge is 2.28. The second-order valence-electron chi connectivity index (χ2n) is 5.90. The number of hydrogen-bond acceptors (Lipinski definition) is 4. The van der Waals surface area contributed by atoms with Crippen molar-refractivity contribution in [2.75, 3.05) is 33.0 Å². The van der Waals surface area contributed by atoms with E-state index < -0.39 is 6.67 Å². The standard InChI is InChI=1S/C20H24FNO3/c21-11-6-13-23-17-9-4-5-10-18(17)25-20(16-7-2-1-3-8-16)19-15-22-12-14-24-19/h1-5,7-10,19-20,22H,6,11-15H2. The van der Waals surface area contributed by atoms with Crippen LogP contribution in [0.4, 0.5) is 4.39 Å². The van der Waals surface area contributed by atoms with Gasteiger partial charge in [0, 0.05) is 19.5 Å². The summed E-state index contributed by atoms with van der Waals surface area (Å²) in [6, 6.07) is 17.5. The number of para-hydroxylation sites is 2. The SMILES string of the molecule is FCCCOc1ccccc1OC(c1ccccc1)C1CNCCO1. The van der Waals surface area contributed by atoms with E-state index in [1.807, 2.05) is 54.6 Å². The summed E-state index contributed by atoms with van der Waals surface area (Å²) in [5.74, 6) is 1.27. The summed E-state index contributed by atoms with van der Waals surface area (Å²) >= 11 is 0. The van der Waals surface area contributed by atoms with Gasteiger partial charge in [-0.25, -0.2) is 0 Å². The van der Waals surface area contributed by atoms with Crippen LogP contribution in [0.25, 0.3) is 0 Å². The Labute approximate surface area is 147 Å². The van der Waals surface area contributed by atoms with Crippen LogP contribution in [0.3, 0.4) is 0 Å². The maximum atomic E-state index is 12.3. The topological polar surface area (TPSA) is 39.7 Å². The lowest BCUT2D eigenvalue weighted by atomic mass is 10.0. The molecule has 0 saturated carbocycles. The number of morpholine rings is 1. The number of benzene rings is 2. The zero-order chi connectivity index (χ0) is 17.3. The van der Waals surface area contributed by atoms with Crippen molar-refractivity contribution in [3.63, 3.8) is 0 Å². The van der Waals surface area contributed by atoms with Gasteiger partial charge in [0.05, 0.1) is 19.9 Å². The van der Waals surface area contributed by atoms with E-state index in [1.165, 1.54) is 0 Å². The monoisotopic (exact) mass is 345 g/mol. The van der Waals surface area contributed by atoms with Crippen LogP contribution >= 0.6 is 0 Å². The third kappa shape index (κ3) is 4.94. The minimum absolute atomic E-state index is 0.0879. The van der Waals surface area contributed by atoms with E-state index in [4.69, 9.17) is 14.2 Å². The Balaban J connectivity index is 1.80. The minimum atomic E-state index is -0.392. The molecule has 1 N–H and O–H groups in total. The molecule has 0 aliphatic carbocycles. The van der Waals surface area contributed by atoms with E-state index in [0.29, 0.717) is 31.1 Å². The Morgan fingerprint density at radius 3 is 2.56 bits per heavy atom. The average molecular weight is 345 g/mol. The molecule has 1 aliphatic rings. The summed E-state index contributed by atoms with van der Waals surface area (Å²) in [4.78, 5) is 0. The number of halogens is 1. The van der Waals surface area contributed by atoms with E-state index in [-0.39, 0.29) is 12.2 Å². The van der Waals surface area contributed by atoms with Gasteiger partial charge in [0.2, 0.25) is 0 Å². The predicted octanol–water partition coefficient (Wildman–Crippen LogP) is 3.53. The van der Waals surface area contributed by atoms with Gasteiger partial charge in [0.25, 0.3) is 0 Å². The van der Waals surface area contributed by atoms with Crippen molar-refractivity contribution in [1.82, 2.24) is 5.32 Å². The molecule has 1 aliphatic heterocycles. The van der Waals surface area contributed by atoms with Crippen molar-refractivity contribution in [1.29, 1.82) is 0 Å². The molecule has 0 aromatic heterocycles. The number of ether oxygens (including phenoxy) is 3. The molecule has 0 amide bonds. The first-order valence-corrected chi connectivity index (χ1v) is 8.70. The Kier molecular flexibility index (Phi) is 6.65. The Morgan fingerprint density at radius 2 is 1.84 bits per heavy atom. The summed E-state index contributed by atoms with van der Waals surface area (Å²) < 4.78 is 30.3. The molecule has 1 heterocycles. The van der Waals surface area contributed by atoms with Gasteiger partial charge in [0.15, 0.2) is 17.6 Å². The second kappa shape index (κ2) is 9.39. The van der Waals surface area contributed by atoms with Crippen LogP contribution in [-0.4, -0.2) is 39.1 Å². The molecule has 3 rings (SSSR count). The van der Waals surface area contributed by atoms with Crippen molar-refractivity contribution >= 4 is 0 Å². The maximum Gasteiger partial charge on any atom is 0.162 e. The molecule has 0 radical (unpaired) electrons. The van der Waals surface area contributed by atoms with Crippen LogP contribution in [-0.2, 0) is 4.74 Å². The second-order valence-corrected chi connectivity index (χ2v) is 5.90. The molecule has 25 heavy (non-hydrogen) atoms. The van der Waals surface area contributed by atoms with E-state index in [1.54, 1.807) is 0 Å². The molecule has 0 bridgehead atoms. The lowest BCUT2D eigenvalue weighted by Crippen LogP contribution is -2.43. The molecule has 1 saturated heterocycles. The van der Waals surface area contributed by atoms with Gasteiger partial charge in [-0.2, -0.15) is 0 Å². The van der Waals surface area contributed by atoms with Gasteiger partial charge in [0.1, 0.15) is 6.10 Å². The molecule has 2 aromatic carbocycles. The first kappa shape index (κ1) is 17.7. The zero-order valence-electron chi connectivity index (χ0n) is 14.2. The smallest absolute Gasteiger partial charge is 0.162 e. The van der Waals surface area contributed by atoms with Crippen molar-refractivity contribution in [2.45, 2.75) is 18.6 Å². The molecule has 1 fully saturated rings. The van der Waals surface area contributed by atoms with Gasteiger partial charge in [-0.15, -0.1) is 0 Å². The largest absolute Gasteiger partial charge is 0.490 e. The normalized spacial score (nSPS) is 18.5. The molecule has 5 heteroatoms. The quantitative estimate of drug-likeness (QED) is 0.743. The maximum absolute atomic E-state index is 12.3. The summed E-state index contributed by atoms with van der Waals surface area (Å²) in [5.41, 5.74) is 1.05. The Morgan fingerprint density at radius 1 is 1.08 bits per heavy atom. The van der Waals surface area contributed by atoms with Crippen LogP contribution in [0.2, 0.25) is 0 Å². The first-order valence-electron chi connectivity index (χ1n) is 8.70. The van der Waals surface area contributed by atoms with E-state index in [2.05, 4.69) is 5.32 Å². The van der Waals surface area contributed by atoms with Crippen LogP contribution in [0, 0.1) is 0 Å². The number of nitrogens with one attached hydrogen (secondary N) is 1. The Hall–Kier alpha value is -2.11. The van der Waals surface area contributed by atoms with Crippen molar-refractivity contribution in [3.8, 4) is 11.5 Å². The minimum Gasteiger partial charge on any atom is -0.490 e. The highest BCUT2D eigenvalue weighted by Crippen LogP contribution is 2.33. The summed E-state index contributed by atoms with van der Waals surface area (Å²) in [6.45, 7) is 2.17. The number of alkyl halides is 1. The van der Waals surface area contributed by atoms with E-state index >= 15 is 0 Å². The lowest BCUT2D eigenvalue weighted by molar-refractivity contribution is -0.0439. The van der Waals surface area contributed by atoms with Crippen LogP contribution in [0.5, 0.6) is 11.5 Å². The fourth-order valence-electron chi connectivity index (χ4n) is 2.82. The van der Waals surface area contributed by atoms with E-state index in [9.17, 15) is 4.39 Å². The van der Waals surface area contributed by atoms with Gasteiger partial charge in [-0.05, 0) is 17.7 Å². The fourth-order valence-corrected chi connectivity index (χ4v) is 2.82. The highest BCUT2D eigenvalue weighted by atomic mass is 19.1. The van der Waals surface area contributed by atoms with E-state index in [0.717, 1.165) is 18.7 Å². The van der Waals surface area contributed by atoms with Crippen molar-refractivity contribution in [2.24, 2.45) is 0 Å². The van der Waals surface area contributed by atoms with Gasteiger partial charge >= 0.3 is 0 Å². The third-order valence-electron chi connectivity index (χ3n) is 4.06. The molecule has 0 spiro atoms. The molecule has 2 aromatic rings. The van der Waals surface area contributed by atoms with Crippen LogP contribution in [0.15, 0.2) is 54.6 Å². The molecule has 2 unspecified atom stereocenters. The van der Waals surface area contributed by atoms with Gasteiger partial charge in [-0.3, -0.25) is 4.39 Å². The third-order valence-corrected chi connectivity index (χ3v) is 4.06. The predicted molar refractivity (Wildman–Crippen MR) is 94.9 cm³/mol. The average Bonchev–Trinajstić information content (AvgIpc) is 2.69. The van der Waals surface area contributed by atoms with Crippen molar-refractivity contribution in [3.05, 3.63) is 60.2 Å². The van der Waals surface area contributed by atoms with Gasteiger partial charge < -0.3 is 19.5 Å². The molecular weight excluding hydrogens is 321 g/mol. The van der Waals surface area contributed by atoms with Crippen LogP contribution < -0.4 is 14.8 Å². The fraction of sp³-hybridized carbons (Fsp3) is 0.400.